The van der Waals surface area contributed by atoms with Crippen LogP contribution in [0.25, 0.3) is 16.7 Å². The number of piperazine rings is 1. The number of pyridine rings is 2. The van der Waals surface area contributed by atoms with Gasteiger partial charge < -0.3 is 40.1 Å². The van der Waals surface area contributed by atoms with Crippen molar-refractivity contribution in [3.05, 3.63) is 69.9 Å². The van der Waals surface area contributed by atoms with Gasteiger partial charge in [0.15, 0.2) is 5.65 Å². The van der Waals surface area contributed by atoms with Crippen molar-refractivity contribution in [2.75, 3.05) is 83.9 Å². The molecule has 2 unspecified atom stereocenters. The van der Waals surface area contributed by atoms with Crippen molar-refractivity contribution in [2.24, 2.45) is 17.8 Å². The second-order valence-electron chi connectivity index (χ2n) is 17.7. The summed E-state index contributed by atoms with van der Waals surface area (Å²) in [4.78, 5) is 47.5. The molecule has 2 amide bonds. The van der Waals surface area contributed by atoms with E-state index >= 15 is 4.39 Å². The Hall–Kier alpha value is -4.86. The molecule has 2 aliphatic heterocycles. The summed E-state index contributed by atoms with van der Waals surface area (Å²) in [5.74, 6) is 3.03. The molecule has 3 aromatic heterocycles. The summed E-state index contributed by atoms with van der Waals surface area (Å²) in [5, 5.41) is 10.9. The highest BCUT2D eigenvalue weighted by Gasteiger charge is 2.43. The van der Waals surface area contributed by atoms with Gasteiger partial charge in [0.2, 0.25) is 11.8 Å². The molecule has 310 valence electrons. The monoisotopic (exact) mass is 796 g/mol. The van der Waals surface area contributed by atoms with Crippen LogP contribution in [-0.4, -0.2) is 115 Å². The Morgan fingerprint density at radius 2 is 1.78 bits per heavy atom. The van der Waals surface area contributed by atoms with Gasteiger partial charge in [-0.1, -0.05) is 6.92 Å². The van der Waals surface area contributed by atoms with E-state index in [0.29, 0.717) is 97.2 Å². The number of hydrogen-bond donors (Lipinski definition) is 3. The predicted molar refractivity (Wildman–Crippen MR) is 223 cm³/mol. The molecule has 8 rings (SSSR count). The van der Waals surface area contributed by atoms with Crippen molar-refractivity contribution in [1.82, 2.24) is 40.0 Å². The number of fused-ring (bicyclic) bond motifs is 3. The Balaban J connectivity index is 0.978. The molecule has 5 heterocycles. The summed E-state index contributed by atoms with van der Waals surface area (Å²) >= 11 is 0. The number of benzene rings is 1. The topological polar surface area (TPSA) is 142 Å². The van der Waals surface area contributed by atoms with Crippen molar-refractivity contribution < 1.29 is 18.7 Å². The van der Waals surface area contributed by atoms with Gasteiger partial charge in [0.25, 0.3) is 5.56 Å². The number of ether oxygens (including phenoxy) is 2. The van der Waals surface area contributed by atoms with Gasteiger partial charge in [-0.3, -0.25) is 9.36 Å². The van der Waals surface area contributed by atoms with Gasteiger partial charge in [-0.15, -0.1) is 0 Å². The molecule has 4 aliphatic rings. The minimum absolute atomic E-state index is 0.0265. The molecule has 4 fully saturated rings. The number of aromatic nitrogens is 4. The van der Waals surface area contributed by atoms with E-state index in [1.165, 1.54) is 42.0 Å². The van der Waals surface area contributed by atoms with Gasteiger partial charge in [-0.05, 0) is 119 Å². The van der Waals surface area contributed by atoms with Crippen LogP contribution in [0.5, 0.6) is 5.88 Å². The first-order valence-electron chi connectivity index (χ1n) is 20.6. The number of anilines is 3. The van der Waals surface area contributed by atoms with Crippen LogP contribution in [0.4, 0.5) is 26.6 Å². The maximum Gasteiger partial charge on any atom is 0.317 e. The number of amides is 2. The molecule has 14 nitrogen and oxygen atoms in total. The fourth-order valence-electron chi connectivity index (χ4n) is 9.88. The molecule has 15 heteroatoms. The Morgan fingerprint density at radius 3 is 2.45 bits per heavy atom. The number of carbonyl (C=O) groups excluding carboxylic acids is 1. The van der Waals surface area contributed by atoms with E-state index in [1.54, 1.807) is 13.3 Å². The highest BCUT2D eigenvalue weighted by molar-refractivity contribution is 5.81. The number of hydrogen-bond acceptors (Lipinski definition) is 11. The summed E-state index contributed by atoms with van der Waals surface area (Å²) in [7, 11) is 5.56. The molecule has 58 heavy (non-hydrogen) atoms. The summed E-state index contributed by atoms with van der Waals surface area (Å²) in [6, 6.07) is 9.99. The van der Waals surface area contributed by atoms with Crippen LogP contribution in [0.3, 0.4) is 0 Å². The van der Waals surface area contributed by atoms with Gasteiger partial charge in [0.1, 0.15) is 17.3 Å². The molecule has 2 saturated carbocycles. The second kappa shape index (κ2) is 16.1. The Bertz CT molecular complexity index is 2200. The number of nitrogens with one attached hydrogen (secondary N) is 3. The molecule has 0 radical (unpaired) electrons. The average molecular weight is 797 g/mol. The third-order valence-corrected chi connectivity index (χ3v) is 12.6. The van der Waals surface area contributed by atoms with Crippen LogP contribution in [0.15, 0.2) is 47.4 Å². The van der Waals surface area contributed by atoms with E-state index < -0.39 is 11.4 Å². The number of rotatable bonds is 11. The van der Waals surface area contributed by atoms with E-state index in [4.69, 9.17) is 19.4 Å². The first kappa shape index (κ1) is 39.9. The maximum absolute atomic E-state index is 15.4. The first-order chi connectivity index (χ1) is 27.8. The lowest BCUT2D eigenvalue weighted by molar-refractivity contribution is -0.0788. The Kier molecular flexibility index (Phi) is 11.1. The van der Waals surface area contributed by atoms with E-state index in [1.807, 2.05) is 44.1 Å². The molecule has 1 aromatic carbocycles. The van der Waals surface area contributed by atoms with E-state index in [2.05, 4.69) is 44.6 Å². The van der Waals surface area contributed by atoms with Crippen LogP contribution in [0.1, 0.15) is 57.1 Å². The minimum atomic E-state index is -0.567. The number of halogens is 1. The highest BCUT2D eigenvalue weighted by Crippen LogP contribution is 2.46. The number of aryl methyl sites for hydroxylation is 1. The van der Waals surface area contributed by atoms with Crippen LogP contribution < -0.4 is 31.1 Å². The summed E-state index contributed by atoms with van der Waals surface area (Å²) < 4.78 is 28.2. The number of nitrogens with zero attached hydrogens (tertiary/aromatic N) is 7. The van der Waals surface area contributed by atoms with Crippen molar-refractivity contribution in [2.45, 2.75) is 64.0 Å². The highest BCUT2D eigenvalue weighted by atomic mass is 19.1. The van der Waals surface area contributed by atoms with E-state index in [0.717, 1.165) is 31.1 Å². The number of methoxy groups -OCH3 is 1. The lowest BCUT2D eigenvalue weighted by Crippen LogP contribution is -2.59. The lowest BCUT2D eigenvalue weighted by Gasteiger charge is -2.48. The third-order valence-electron chi connectivity index (χ3n) is 12.6. The largest absolute Gasteiger partial charge is 0.479 e. The van der Waals surface area contributed by atoms with Gasteiger partial charge in [-0.2, -0.15) is 9.97 Å². The van der Waals surface area contributed by atoms with Gasteiger partial charge >= 0.3 is 6.03 Å². The molecule has 4 aromatic rings. The average Bonchev–Trinajstić information content (AvgIpc) is 3.15. The summed E-state index contributed by atoms with van der Waals surface area (Å²) in [6.07, 6.45) is 7.63. The zero-order valence-corrected chi connectivity index (χ0v) is 34.6. The molecule has 2 aliphatic carbocycles. The van der Waals surface area contributed by atoms with Crippen LogP contribution >= 0.6 is 0 Å². The minimum Gasteiger partial charge on any atom is -0.479 e. The van der Waals surface area contributed by atoms with Crippen molar-refractivity contribution >= 4 is 34.5 Å². The fraction of sp³-hybridized carbons (Fsp3) is 0.558. The fourth-order valence-corrected chi connectivity index (χ4v) is 9.88. The summed E-state index contributed by atoms with van der Waals surface area (Å²) in [6.45, 7) is 11.2. The smallest absolute Gasteiger partial charge is 0.317 e. The quantitative estimate of drug-likeness (QED) is 0.185. The molecule has 2 saturated heterocycles. The molecule has 3 N–H and O–H groups in total. The van der Waals surface area contributed by atoms with E-state index in [-0.39, 0.29) is 23.1 Å². The summed E-state index contributed by atoms with van der Waals surface area (Å²) in [5.41, 5.74) is 1.58. The zero-order chi connectivity index (χ0) is 40.8. The van der Waals surface area contributed by atoms with Gasteiger partial charge in [0.05, 0.1) is 31.5 Å². The third kappa shape index (κ3) is 8.21. The molecular weight excluding hydrogens is 740 g/mol. The number of likely N-dealkylation sites (N-methyl/N-ethyl adjacent to an activating group) is 1. The predicted octanol–water partition coefficient (Wildman–Crippen LogP) is 5.19. The second-order valence-corrected chi connectivity index (χ2v) is 17.7. The van der Waals surface area contributed by atoms with Crippen molar-refractivity contribution in [3.8, 4) is 11.6 Å². The number of urea groups is 1. The van der Waals surface area contributed by atoms with E-state index in [9.17, 15) is 9.59 Å². The Morgan fingerprint density at radius 1 is 1.03 bits per heavy atom. The zero-order valence-electron chi connectivity index (χ0n) is 34.6. The van der Waals surface area contributed by atoms with Crippen LogP contribution in [-0.2, 0) is 10.3 Å². The van der Waals surface area contributed by atoms with Crippen molar-refractivity contribution in [1.29, 1.82) is 0 Å². The SMILES string of the molecule is COc1nc(N2CCN(C(=O)NC3(C)CC4CC(C)CC(C4)C3)CC2)ccc1Nc1ncc2c(C)cc(=O)n(-c3cc(F)cc(C4(NCCN(C)C)COC4)c3)c2n1. The lowest BCUT2D eigenvalue weighted by atomic mass is 9.63. The number of carbonyl (C=O) groups is 1. The Labute approximate surface area is 339 Å². The molecule has 2 bridgehead atoms. The van der Waals surface area contributed by atoms with Gasteiger partial charge in [-0.25, -0.2) is 14.2 Å². The first-order valence-corrected chi connectivity index (χ1v) is 20.6. The molecule has 0 spiro atoms. The van der Waals surface area contributed by atoms with Crippen molar-refractivity contribution in [3.63, 3.8) is 0 Å². The molecular formula is C43H57FN10O4. The normalized spacial score (nSPS) is 24.1. The standard InChI is InChI=1S/C43H57FN10O4/c1-27-15-29-18-30(16-27)23-42(3,22-29)50-41(56)53-13-11-52(12-14-53)36-8-7-35(39(48-36)57-6)47-40-45-24-34-28(2)17-37(55)54(38(34)49-40)33-20-31(19-32(44)21-33)43(25-58-26-43)46-9-10-51(4)5/h7-8,17,19-21,24,27,29-30,46H,9-16,18,22-23,25-26H2,1-6H3,(H,50,56)(H,45,47,49). The van der Waals surface area contributed by atoms with Crippen LogP contribution in [0.2, 0.25) is 0 Å². The van der Waals surface area contributed by atoms with Gasteiger partial charge in [0, 0.05) is 62.5 Å². The maximum atomic E-state index is 15.4. The van der Waals surface area contributed by atoms with Crippen LogP contribution in [0, 0.1) is 30.5 Å². The molecule has 2 atom stereocenters.